The van der Waals surface area contributed by atoms with E-state index in [0.717, 1.165) is 22.3 Å². The molecular formula is C37H38O6S2. The Kier molecular flexibility index (Phi) is 8.48. The summed E-state index contributed by atoms with van der Waals surface area (Å²) < 4.78 is 63.3. The maximum atomic E-state index is 14.7. The molecule has 4 aromatic carbocycles. The lowest BCUT2D eigenvalue weighted by Crippen LogP contribution is -2.53. The number of Topliss-reactive ketones (excluding diaryl/α,β-unsaturated/α-hetero) is 1. The second kappa shape index (κ2) is 12.2. The van der Waals surface area contributed by atoms with Crippen molar-refractivity contribution in [3.63, 3.8) is 0 Å². The van der Waals surface area contributed by atoms with Crippen molar-refractivity contribution in [3.8, 4) is 5.75 Å². The van der Waals surface area contributed by atoms with Crippen LogP contribution in [-0.2, 0) is 24.5 Å². The van der Waals surface area contributed by atoms with Crippen LogP contribution in [0.2, 0.25) is 0 Å². The summed E-state index contributed by atoms with van der Waals surface area (Å²) in [6.45, 7) is 3.88. The van der Waals surface area contributed by atoms with Gasteiger partial charge in [-0.1, -0.05) is 77.9 Å². The van der Waals surface area contributed by atoms with E-state index in [-0.39, 0.29) is 34.8 Å². The van der Waals surface area contributed by atoms with Gasteiger partial charge in [-0.25, -0.2) is 16.8 Å². The minimum Gasteiger partial charge on any atom is -0.497 e. The highest BCUT2D eigenvalue weighted by molar-refractivity contribution is 7.92. The number of rotatable bonds is 7. The zero-order valence-corrected chi connectivity index (χ0v) is 27.3. The van der Waals surface area contributed by atoms with Crippen LogP contribution in [0.25, 0.3) is 0 Å². The van der Waals surface area contributed by atoms with Crippen molar-refractivity contribution in [2.45, 2.75) is 65.2 Å². The molecule has 0 spiro atoms. The molecule has 0 N–H and O–H groups in total. The monoisotopic (exact) mass is 642 g/mol. The van der Waals surface area contributed by atoms with E-state index in [9.17, 15) is 21.6 Å². The zero-order valence-electron chi connectivity index (χ0n) is 25.7. The lowest BCUT2D eigenvalue weighted by Gasteiger charge is -2.48. The van der Waals surface area contributed by atoms with Crippen LogP contribution in [0.4, 0.5) is 0 Å². The molecular weight excluding hydrogens is 605 g/mol. The second-order valence-corrected chi connectivity index (χ2v) is 16.8. The van der Waals surface area contributed by atoms with Crippen molar-refractivity contribution in [1.29, 1.82) is 0 Å². The molecule has 8 heteroatoms. The van der Waals surface area contributed by atoms with Crippen LogP contribution in [0.3, 0.4) is 0 Å². The predicted molar refractivity (Wildman–Crippen MR) is 175 cm³/mol. The third-order valence-electron chi connectivity index (χ3n) is 9.86. The Morgan fingerprint density at radius 2 is 1.13 bits per heavy atom. The van der Waals surface area contributed by atoms with E-state index >= 15 is 0 Å². The van der Waals surface area contributed by atoms with Gasteiger partial charge in [0.1, 0.15) is 11.5 Å². The standard InChI is InChI=1S/C37H38O6S2/c1-24-9-13-27(14-10-24)32-22-35(38)33-23-36(44(39,40)29-7-5-4-6-8-29)31(26-15-17-28(43-3)18-16-26)21-34(33)37(32)45(41,42)30-19-11-25(2)12-20-30/h4-20,31-34,36-37H,21-23H2,1-3H3/t31-,32-,33+,34-,36?,37?/m0/s1. The van der Waals surface area contributed by atoms with E-state index < -0.39 is 53.8 Å². The van der Waals surface area contributed by atoms with Gasteiger partial charge in [-0.2, -0.15) is 0 Å². The van der Waals surface area contributed by atoms with Crippen molar-refractivity contribution in [2.75, 3.05) is 7.11 Å². The number of fused-ring (bicyclic) bond motifs is 1. The summed E-state index contributed by atoms with van der Waals surface area (Å²) in [5.74, 6) is -1.77. The van der Waals surface area contributed by atoms with Crippen LogP contribution < -0.4 is 4.74 Å². The van der Waals surface area contributed by atoms with Crippen LogP contribution in [0, 0.1) is 25.7 Å². The maximum absolute atomic E-state index is 14.7. The van der Waals surface area contributed by atoms with Crippen molar-refractivity contribution < 1.29 is 26.4 Å². The van der Waals surface area contributed by atoms with Gasteiger partial charge < -0.3 is 4.74 Å². The fourth-order valence-electron chi connectivity index (χ4n) is 7.50. The normalized spacial score (nSPS) is 25.4. The maximum Gasteiger partial charge on any atom is 0.182 e. The molecule has 2 aliphatic rings. The van der Waals surface area contributed by atoms with Crippen LogP contribution in [0.15, 0.2) is 113 Å². The molecule has 0 amide bonds. The Morgan fingerprint density at radius 3 is 1.73 bits per heavy atom. The average molecular weight is 643 g/mol. The number of benzene rings is 4. The van der Waals surface area contributed by atoms with E-state index in [1.54, 1.807) is 73.8 Å². The van der Waals surface area contributed by atoms with Gasteiger partial charge in [-0.05, 0) is 80.1 Å². The summed E-state index contributed by atoms with van der Waals surface area (Å²) in [5.41, 5.74) is 3.60. The molecule has 2 saturated carbocycles. The Balaban J connectivity index is 1.51. The molecule has 0 radical (unpaired) electrons. The lowest BCUT2D eigenvalue weighted by atomic mass is 9.61. The molecule has 0 heterocycles. The first-order valence-corrected chi connectivity index (χ1v) is 18.4. The van der Waals surface area contributed by atoms with E-state index in [2.05, 4.69) is 0 Å². The van der Waals surface area contributed by atoms with E-state index in [4.69, 9.17) is 4.74 Å². The van der Waals surface area contributed by atoms with Crippen LogP contribution in [-0.4, -0.2) is 40.2 Å². The molecule has 4 aromatic rings. The third kappa shape index (κ3) is 5.86. The van der Waals surface area contributed by atoms with E-state index in [1.807, 2.05) is 50.2 Å². The molecule has 0 aliphatic heterocycles. The molecule has 6 nitrogen and oxygen atoms in total. The number of hydrogen-bond acceptors (Lipinski definition) is 6. The average Bonchev–Trinajstić information content (AvgIpc) is 3.05. The van der Waals surface area contributed by atoms with Crippen LogP contribution in [0.1, 0.15) is 53.4 Å². The number of sulfone groups is 2. The summed E-state index contributed by atoms with van der Waals surface area (Å²) in [5, 5.41) is -1.79. The van der Waals surface area contributed by atoms with Gasteiger partial charge in [0.2, 0.25) is 0 Å². The first-order chi connectivity index (χ1) is 21.5. The Hall–Kier alpha value is -3.75. The number of carbonyl (C=O) groups excluding carboxylic acids is 1. The fraction of sp³-hybridized carbons (Fsp3) is 0.324. The Labute approximate surface area is 266 Å². The van der Waals surface area contributed by atoms with Gasteiger partial charge in [0.15, 0.2) is 19.7 Å². The molecule has 0 aromatic heterocycles. The smallest absolute Gasteiger partial charge is 0.182 e. The van der Waals surface area contributed by atoms with Crippen molar-refractivity contribution in [1.82, 2.24) is 0 Å². The zero-order chi connectivity index (χ0) is 31.9. The number of aryl methyl sites for hydroxylation is 2. The summed E-state index contributed by atoms with van der Waals surface area (Å²) in [6.07, 6.45) is 0.362. The van der Waals surface area contributed by atoms with Gasteiger partial charge in [0.25, 0.3) is 0 Å². The molecule has 2 fully saturated rings. The van der Waals surface area contributed by atoms with Crippen LogP contribution >= 0.6 is 0 Å². The van der Waals surface area contributed by atoms with Crippen molar-refractivity contribution in [2.24, 2.45) is 11.8 Å². The quantitative estimate of drug-likeness (QED) is 0.219. The Morgan fingerprint density at radius 1 is 0.600 bits per heavy atom. The third-order valence-corrected chi connectivity index (χ3v) is 14.4. The molecule has 0 bridgehead atoms. The number of ketones is 1. The number of methoxy groups -OCH3 is 1. The second-order valence-electron chi connectivity index (χ2n) is 12.5. The predicted octanol–water partition coefficient (Wildman–Crippen LogP) is 6.86. The highest BCUT2D eigenvalue weighted by Crippen LogP contribution is 2.54. The van der Waals surface area contributed by atoms with Gasteiger partial charge in [0.05, 0.1) is 27.4 Å². The first-order valence-electron chi connectivity index (χ1n) is 15.3. The largest absolute Gasteiger partial charge is 0.497 e. The van der Waals surface area contributed by atoms with Gasteiger partial charge in [-0.3, -0.25) is 4.79 Å². The molecule has 2 unspecified atom stereocenters. The molecule has 2 aliphatic carbocycles. The van der Waals surface area contributed by atoms with Gasteiger partial charge >= 0.3 is 0 Å². The SMILES string of the molecule is COc1ccc([C@@H]2C[C@@H]3C(S(=O)(=O)c4ccc(C)cc4)[C@H](c4ccc(C)cc4)CC(=O)[C@@H]3CC2S(=O)(=O)c2ccccc2)cc1. The lowest BCUT2D eigenvalue weighted by molar-refractivity contribution is -0.128. The molecule has 234 valence electrons. The molecule has 0 saturated heterocycles. The van der Waals surface area contributed by atoms with E-state index in [0.29, 0.717) is 5.75 Å². The molecule has 6 atom stereocenters. The fourth-order valence-corrected chi connectivity index (χ4v) is 11.8. The van der Waals surface area contributed by atoms with Crippen molar-refractivity contribution >= 4 is 25.5 Å². The first kappa shape index (κ1) is 31.2. The summed E-state index contributed by atoms with van der Waals surface area (Å²) >= 11 is 0. The van der Waals surface area contributed by atoms with Crippen LogP contribution in [0.5, 0.6) is 5.75 Å². The highest BCUT2D eigenvalue weighted by atomic mass is 32.2. The topological polar surface area (TPSA) is 94.6 Å². The minimum atomic E-state index is -3.92. The summed E-state index contributed by atoms with van der Waals surface area (Å²) in [4.78, 5) is 14.5. The molecule has 45 heavy (non-hydrogen) atoms. The van der Waals surface area contributed by atoms with E-state index in [1.165, 1.54) is 0 Å². The number of ether oxygens (including phenoxy) is 1. The van der Waals surface area contributed by atoms with Gasteiger partial charge in [0, 0.05) is 24.2 Å². The number of carbonyl (C=O) groups is 1. The highest BCUT2D eigenvalue weighted by Gasteiger charge is 2.56. The molecule has 6 rings (SSSR count). The number of hydrogen-bond donors (Lipinski definition) is 0. The van der Waals surface area contributed by atoms with Crippen molar-refractivity contribution in [3.05, 3.63) is 125 Å². The Bertz CT molecular complexity index is 1880. The van der Waals surface area contributed by atoms with Gasteiger partial charge in [-0.15, -0.1) is 0 Å². The minimum absolute atomic E-state index is 0.0469. The summed E-state index contributed by atoms with van der Waals surface area (Å²) in [6, 6.07) is 30.3. The summed E-state index contributed by atoms with van der Waals surface area (Å²) in [7, 11) is -6.21.